The number of aromatic nitrogens is 1. The zero-order chi connectivity index (χ0) is 13.0. The Morgan fingerprint density at radius 1 is 1.22 bits per heavy atom. The maximum absolute atomic E-state index is 12.6. The number of benzene rings is 1. The largest absolute Gasteiger partial charge is 0.324 e. The number of urea groups is 1. The van der Waals surface area contributed by atoms with Gasteiger partial charge in [-0.1, -0.05) is 17.7 Å². The highest BCUT2D eigenvalue weighted by atomic mass is 35.5. The van der Waals surface area contributed by atoms with Gasteiger partial charge in [-0.05, 0) is 30.3 Å². The Morgan fingerprint density at radius 2 is 2.06 bits per heavy atom. The molecule has 0 atom stereocenters. The summed E-state index contributed by atoms with van der Waals surface area (Å²) in [5.41, 5.74) is 0.558. The van der Waals surface area contributed by atoms with Crippen molar-refractivity contribution >= 4 is 29.1 Å². The number of carbonyl (C=O) groups is 1. The molecule has 0 bridgehead atoms. The molecule has 1 heterocycles. The number of carbonyl (C=O) groups excluding carboxylic acids is 1. The number of hydrogen-bond acceptors (Lipinski definition) is 2. The molecule has 2 N–H and O–H groups in total. The van der Waals surface area contributed by atoms with E-state index in [2.05, 4.69) is 15.6 Å². The minimum atomic E-state index is -0.476. The zero-order valence-corrected chi connectivity index (χ0v) is 9.91. The Kier molecular flexibility index (Phi) is 3.74. The summed E-state index contributed by atoms with van der Waals surface area (Å²) in [6.07, 6.45) is 1.02. The van der Waals surface area contributed by atoms with Crippen LogP contribution in [0.15, 0.2) is 42.6 Å². The number of rotatable bonds is 2. The third kappa shape index (κ3) is 3.43. The van der Waals surface area contributed by atoms with E-state index in [1.54, 1.807) is 24.3 Å². The second-order valence-electron chi connectivity index (χ2n) is 3.45. The van der Waals surface area contributed by atoms with Gasteiger partial charge in [-0.15, -0.1) is 0 Å². The monoisotopic (exact) mass is 265 g/mol. The number of halogens is 2. The van der Waals surface area contributed by atoms with Crippen LogP contribution in [0.5, 0.6) is 0 Å². The highest BCUT2D eigenvalue weighted by Gasteiger charge is 2.03. The van der Waals surface area contributed by atoms with E-state index in [0.29, 0.717) is 10.7 Å². The Labute approximate surface area is 108 Å². The fourth-order valence-electron chi connectivity index (χ4n) is 1.29. The molecule has 2 rings (SSSR count). The van der Waals surface area contributed by atoms with Gasteiger partial charge in [0.25, 0.3) is 0 Å². The van der Waals surface area contributed by atoms with E-state index >= 15 is 0 Å². The van der Waals surface area contributed by atoms with Gasteiger partial charge in [-0.2, -0.15) is 0 Å². The molecule has 92 valence electrons. The molecule has 0 radical (unpaired) electrons. The SMILES string of the molecule is O=C(Nc1cccc(Cl)c1)Nc1ccc(F)cn1. The van der Waals surface area contributed by atoms with Crippen LogP contribution in [0.1, 0.15) is 0 Å². The summed E-state index contributed by atoms with van der Waals surface area (Å²) in [5.74, 6) is -0.202. The molecule has 0 saturated carbocycles. The van der Waals surface area contributed by atoms with Gasteiger partial charge < -0.3 is 5.32 Å². The van der Waals surface area contributed by atoms with Crippen molar-refractivity contribution in [3.05, 3.63) is 53.4 Å². The van der Waals surface area contributed by atoms with E-state index in [9.17, 15) is 9.18 Å². The highest BCUT2D eigenvalue weighted by Crippen LogP contribution is 2.15. The highest BCUT2D eigenvalue weighted by molar-refractivity contribution is 6.30. The summed E-state index contributed by atoms with van der Waals surface area (Å²) in [5, 5.41) is 5.56. The molecule has 2 aromatic rings. The van der Waals surface area contributed by atoms with Gasteiger partial charge in [0, 0.05) is 10.7 Å². The average Bonchev–Trinajstić information content (AvgIpc) is 2.32. The molecule has 0 aliphatic carbocycles. The van der Waals surface area contributed by atoms with E-state index in [1.165, 1.54) is 12.1 Å². The first-order chi connectivity index (χ1) is 8.63. The van der Waals surface area contributed by atoms with E-state index in [1.807, 2.05) is 0 Å². The molecule has 0 fully saturated rings. The van der Waals surface area contributed by atoms with E-state index in [0.717, 1.165) is 6.20 Å². The van der Waals surface area contributed by atoms with Gasteiger partial charge >= 0.3 is 6.03 Å². The normalized spacial score (nSPS) is 9.89. The van der Waals surface area contributed by atoms with Gasteiger partial charge in [0.1, 0.15) is 11.6 Å². The Hall–Kier alpha value is -2.14. The smallest absolute Gasteiger partial charge is 0.308 e. The van der Waals surface area contributed by atoms with Gasteiger partial charge in [0.15, 0.2) is 0 Å². The van der Waals surface area contributed by atoms with E-state index in [-0.39, 0.29) is 5.82 Å². The number of nitrogens with zero attached hydrogens (tertiary/aromatic N) is 1. The Bertz CT molecular complexity index is 560. The van der Waals surface area contributed by atoms with Crippen LogP contribution in [0.4, 0.5) is 20.7 Å². The van der Waals surface area contributed by atoms with Crippen LogP contribution >= 0.6 is 11.6 Å². The lowest BCUT2D eigenvalue weighted by Crippen LogP contribution is -2.20. The molecule has 0 saturated heterocycles. The summed E-state index contributed by atoms with van der Waals surface area (Å²) in [7, 11) is 0. The predicted octanol–water partition coefficient (Wildman–Crippen LogP) is 3.52. The topological polar surface area (TPSA) is 54.0 Å². The van der Waals surface area contributed by atoms with Crippen LogP contribution in [0.25, 0.3) is 0 Å². The molecule has 18 heavy (non-hydrogen) atoms. The minimum absolute atomic E-state index is 0.260. The molecular formula is C12H9ClFN3O. The molecule has 0 unspecified atom stereocenters. The van der Waals surface area contributed by atoms with Crippen molar-refractivity contribution in [1.29, 1.82) is 0 Å². The van der Waals surface area contributed by atoms with Crippen molar-refractivity contribution in [2.24, 2.45) is 0 Å². The summed E-state index contributed by atoms with van der Waals surface area (Å²) in [4.78, 5) is 15.3. The molecule has 1 aromatic heterocycles. The zero-order valence-electron chi connectivity index (χ0n) is 9.15. The van der Waals surface area contributed by atoms with Crippen molar-refractivity contribution in [1.82, 2.24) is 4.98 Å². The van der Waals surface area contributed by atoms with Crippen LogP contribution < -0.4 is 10.6 Å². The standard InChI is InChI=1S/C12H9ClFN3O/c13-8-2-1-3-10(6-8)16-12(18)17-11-5-4-9(14)7-15-11/h1-7H,(H2,15,16,17,18). The maximum Gasteiger partial charge on any atom is 0.324 e. The van der Waals surface area contributed by atoms with Crippen molar-refractivity contribution in [3.63, 3.8) is 0 Å². The van der Waals surface area contributed by atoms with Crippen molar-refractivity contribution < 1.29 is 9.18 Å². The van der Waals surface area contributed by atoms with Gasteiger partial charge in [-0.3, -0.25) is 5.32 Å². The Balaban J connectivity index is 1.98. The first-order valence-corrected chi connectivity index (χ1v) is 5.46. The second-order valence-corrected chi connectivity index (χ2v) is 3.89. The Morgan fingerprint density at radius 3 is 2.72 bits per heavy atom. The fourth-order valence-corrected chi connectivity index (χ4v) is 1.48. The van der Waals surface area contributed by atoms with Crippen molar-refractivity contribution in [2.75, 3.05) is 10.6 Å². The summed E-state index contributed by atoms with van der Waals surface area (Å²) in [6, 6.07) is 8.83. The predicted molar refractivity (Wildman–Crippen MR) is 68.3 cm³/mol. The summed E-state index contributed by atoms with van der Waals surface area (Å²) >= 11 is 5.78. The second kappa shape index (κ2) is 5.46. The molecule has 0 aliphatic rings. The van der Waals surface area contributed by atoms with Crippen molar-refractivity contribution in [2.45, 2.75) is 0 Å². The number of hydrogen-bond donors (Lipinski definition) is 2. The molecule has 0 spiro atoms. The van der Waals surface area contributed by atoms with Gasteiger partial charge in [-0.25, -0.2) is 14.2 Å². The van der Waals surface area contributed by atoms with Crippen LogP contribution in [-0.4, -0.2) is 11.0 Å². The molecule has 1 aromatic carbocycles. The van der Waals surface area contributed by atoms with Crippen LogP contribution in [0.3, 0.4) is 0 Å². The molecule has 2 amide bonds. The van der Waals surface area contributed by atoms with Crippen LogP contribution in [0.2, 0.25) is 5.02 Å². The molecule has 0 aliphatic heterocycles. The summed E-state index contributed by atoms with van der Waals surface area (Å²) < 4.78 is 12.6. The van der Waals surface area contributed by atoms with Crippen LogP contribution in [-0.2, 0) is 0 Å². The fraction of sp³-hybridized carbons (Fsp3) is 0. The van der Waals surface area contributed by atoms with E-state index < -0.39 is 11.8 Å². The first-order valence-electron chi connectivity index (χ1n) is 5.08. The number of anilines is 2. The average molecular weight is 266 g/mol. The first kappa shape index (κ1) is 12.3. The number of pyridine rings is 1. The molecular weight excluding hydrogens is 257 g/mol. The lowest BCUT2D eigenvalue weighted by atomic mass is 10.3. The van der Waals surface area contributed by atoms with Crippen molar-refractivity contribution in [3.8, 4) is 0 Å². The third-order valence-corrected chi connectivity index (χ3v) is 2.29. The quantitative estimate of drug-likeness (QED) is 0.873. The lowest BCUT2D eigenvalue weighted by Gasteiger charge is -2.06. The van der Waals surface area contributed by atoms with Gasteiger partial charge in [0.2, 0.25) is 0 Å². The lowest BCUT2D eigenvalue weighted by molar-refractivity contribution is 0.262. The number of nitrogens with one attached hydrogen (secondary N) is 2. The number of amides is 2. The van der Waals surface area contributed by atoms with Crippen LogP contribution in [0, 0.1) is 5.82 Å². The third-order valence-electron chi connectivity index (χ3n) is 2.05. The van der Waals surface area contributed by atoms with E-state index in [4.69, 9.17) is 11.6 Å². The molecule has 4 nitrogen and oxygen atoms in total. The molecule has 6 heteroatoms. The minimum Gasteiger partial charge on any atom is -0.308 e. The maximum atomic E-state index is 12.6. The van der Waals surface area contributed by atoms with Gasteiger partial charge in [0.05, 0.1) is 6.20 Å². The summed E-state index contributed by atoms with van der Waals surface area (Å²) in [6.45, 7) is 0.